The van der Waals surface area contributed by atoms with E-state index < -0.39 is 11.0 Å². The number of hydrogen-bond donors (Lipinski definition) is 1. The topological polar surface area (TPSA) is 99.3 Å². The zero-order valence-electron chi connectivity index (χ0n) is 14.3. The number of nitriles is 1. The van der Waals surface area contributed by atoms with Crippen molar-refractivity contribution in [1.82, 2.24) is 4.90 Å². The fourth-order valence-corrected chi connectivity index (χ4v) is 2.54. The SMILES string of the molecule is CC(C(=O)Nc1ccc([N+](=O)[O-])cc1Cl)N(C)Cc1cccc(C#N)c1. The van der Waals surface area contributed by atoms with Crippen LogP contribution in [0.2, 0.25) is 5.02 Å². The smallest absolute Gasteiger partial charge is 0.271 e. The molecule has 0 saturated carbocycles. The number of rotatable bonds is 6. The van der Waals surface area contributed by atoms with E-state index >= 15 is 0 Å². The molecule has 2 aromatic rings. The first kappa shape index (κ1) is 19.4. The van der Waals surface area contributed by atoms with E-state index in [0.717, 1.165) is 5.56 Å². The van der Waals surface area contributed by atoms with Crippen molar-refractivity contribution in [3.05, 3.63) is 68.7 Å². The lowest BCUT2D eigenvalue weighted by atomic mass is 10.1. The number of amides is 1. The van der Waals surface area contributed by atoms with E-state index in [1.54, 1.807) is 32.2 Å². The van der Waals surface area contributed by atoms with Crippen LogP contribution in [-0.2, 0) is 11.3 Å². The number of benzene rings is 2. The van der Waals surface area contributed by atoms with Gasteiger partial charge in [0.1, 0.15) is 0 Å². The molecule has 0 fully saturated rings. The minimum Gasteiger partial charge on any atom is -0.323 e. The molecule has 0 aliphatic carbocycles. The zero-order valence-corrected chi connectivity index (χ0v) is 15.0. The molecule has 0 radical (unpaired) electrons. The largest absolute Gasteiger partial charge is 0.323 e. The predicted octanol–water partition coefficient (Wildman–Crippen LogP) is 3.58. The van der Waals surface area contributed by atoms with Crippen LogP contribution >= 0.6 is 11.6 Å². The van der Waals surface area contributed by atoms with Crippen molar-refractivity contribution < 1.29 is 9.72 Å². The predicted molar refractivity (Wildman–Crippen MR) is 98.8 cm³/mol. The highest BCUT2D eigenvalue weighted by Crippen LogP contribution is 2.27. The molecule has 0 spiro atoms. The monoisotopic (exact) mass is 372 g/mol. The molecule has 0 aromatic heterocycles. The van der Waals surface area contributed by atoms with E-state index in [0.29, 0.717) is 17.8 Å². The van der Waals surface area contributed by atoms with Crippen molar-refractivity contribution in [1.29, 1.82) is 5.26 Å². The van der Waals surface area contributed by atoms with Gasteiger partial charge in [0, 0.05) is 18.7 Å². The van der Waals surface area contributed by atoms with Crippen molar-refractivity contribution in [2.75, 3.05) is 12.4 Å². The standard InChI is InChI=1S/C18H17ClN4O3/c1-12(22(2)11-14-5-3-4-13(8-14)10-20)18(24)21-17-7-6-15(23(25)26)9-16(17)19/h3-9,12H,11H2,1-2H3,(H,21,24). The summed E-state index contributed by atoms with van der Waals surface area (Å²) in [6, 6.07) is 12.7. The van der Waals surface area contributed by atoms with E-state index in [-0.39, 0.29) is 16.6 Å². The highest BCUT2D eigenvalue weighted by Gasteiger charge is 2.20. The van der Waals surface area contributed by atoms with Crippen LogP contribution in [0.25, 0.3) is 0 Å². The van der Waals surface area contributed by atoms with E-state index in [1.165, 1.54) is 18.2 Å². The molecule has 1 N–H and O–H groups in total. The highest BCUT2D eigenvalue weighted by molar-refractivity contribution is 6.34. The molecular weight excluding hydrogens is 356 g/mol. The Bertz CT molecular complexity index is 879. The number of non-ortho nitro benzene ring substituents is 1. The molecule has 2 aromatic carbocycles. The van der Waals surface area contributed by atoms with E-state index in [1.807, 2.05) is 11.0 Å². The first-order valence-electron chi connectivity index (χ1n) is 7.76. The summed E-state index contributed by atoms with van der Waals surface area (Å²) >= 11 is 6.00. The number of hydrogen-bond acceptors (Lipinski definition) is 5. The summed E-state index contributed by atoms with van der Waals surface area (Å²) in [5.74, 6) is -0.292. The number of carbonyl (C=O) groups is 1. The van der Waals surface area contributed by atoms with Gasteiger partial charge in [-0.3, -0.25) is 19.8 Å². The Kier molecular flexibility index (Phi) is 6.28. The lowest BCUT2D eigenvalue weighted by Crippen LogP contribution is -2.39. The average Bonchev–Trinajstić information content (AvgIpc) is 2.62. The van der Waals surface area contributed by atoms with Crippen molar-refractivity contribution in [3.63, 3.8) is 0 Å². The van der Waals surface area contributed by atoms with Gasteiger partial charge in [-0.2, -0.15) is 5.26 Å². The number of likely N-dealkylation sites (N-methyl/N-ethyl adjacent to an activating group) is 1. The quantitative estimate of drug-likeness (QED) is 0.617. The molecule has 2 rings (SSSR count). The van der Waals surface area contributed by atoms with Gasteiger partial charge >= 0.3 is 0 Å². The Morgan fingerprint density at radius 2 is 2.12 bits per heavy atom. The summed E-state index contributed by atoms with van der Waals surface area (Å²) in [6.45, 7) is 2.22. The summed E-state index contributed by atoms with van der Waals surface area (Å²) in [5, 5.41) is 22.5. The van der Waals surface area contributed by atoms with Gasteiger partial charge in [0.25, 0.3) is 5.69 Å². The van der Waals surface area contributed by atoms with Crippen LogP contribution in [-0.4, -0.2) is 28.8 Å². The van der Waals surface area contributed by atoms with Crippen molar-refractivity contribution in [2.45, 2.75) is 19.5 Å². The van der Waals surface area contributed by atoms with Crippen molar-refractivity contribution in [2.24, 2.45) is 0 Å². The second-order valence-electron chi connectivity index (χ2n) is 5.81. The molecule has 0 heterocycles. The molecule has 1 amide bonds. The van der Waals surface area contributed by atoms with Crippen molar-refractivity contribution >= 4 is 28.9 Å². The minimum atomic E-state index is -0.552. The Labute approximate surface area is 155 Å². The number of nitro benzene ring substituents is 1. The first-order chi connectivity index (χ1) is 12.3. The molecule has 0 aliphatic rings. The fourth-order valence-electron chi connectivity index (χ4n) is 2.32. The summed E-state index contributed by atoms with van der Waals surface area (Å²) in [5.41, 5.74) is 1.65. The van der Waals surface area contributed by atoms with Gasteiger partial charge in [-0.15, -0.1) is 0 Å². The second-order valence-corrected chi connectivity index (χ2v) is 6.22. The minimum absolute atomic E-state index is 0.101. The molecule has 1 unspecified atom stereocenters. The lowest BCUT2D eigenvalue weighted by molar-refractivity contribution is -0.384. The molecule has 0 aliphatic heterocycles. The maximum atomic E-state index is 12.4. The lowest BCUT2D eigenvalue weighted by Gasteiger charge is -2.24. The van der Waals surface area contributed by atoms with Gasteiger partial charge in [-0.25, -0.2) is 0 Å². The zero-order chi connectivity index (χ0) is 19.3. The molecule has 1 atom stereocenters. The summed E-state index contributed by atoms with van der Waals surface area (Å²) in [7, 11) is 1.79. The Balaban J connectivity index is 2.04. The normalized spacial score (nSPS) is 11.7. The van der Waals surface area contributed by atoms with Gasteiger partial charge in [0.2, 0.25) is 5.91 Å². The highest BCUT2D eigenvalue weighted by atomic mass is 35.5. The van der Waals surface area contributed by atoms with Gasteiger partial charge in [0.15, 0.2) is 0 Å². The number of nitrogens with zero attached hydrogens (tertiary/aromatic N) is 3. The molecular formula is C18H17ClN4O3. The number of halogens is 1. The number of anilines is 1. The van der Waals surface area contributed by atoms with Crippen LogP contribution in [0, 0.1) is 21.4 Å². The van der Waals surface area contributed by atoms with Crippen LogP contribution in [0.4, 0.5) is 11.4 Å². The molecule has 0 saturated heterocycles. The van der Waals surface area contributed by atoms with Crippen LogP contribution in [0.15, 0.2) is 42.5 Å². The Morgan fingerprint density at radius 1 is 1.38 bits per heavy atom. The maximum absolute atomic E-state index is 12.4. The first-order valence-corrected chi connectivity index (χ1v) is 8.13. The molecule has 26 heavy (non-hydrogen) atoms. The van der Waals surface area contributed by atoms with Gasteiger partial charge in [-0.05, 0) is 37.7 Å². The molecule has 134 valence electrons. The van der Waals surface area contributed by atoms with Gasteiger partial charge in [-0.1, -0.05) is 23.7 Å². The van der Waals surface area contributed by atoms with E-state index in [9.17, 15) is 14.9 Å². The summed E-state index contributed by atoms with van der Waals surface area (Å²) in [6.07, 6.45) is 0. The van der Waals surface area contributed by atoms with Gasteiger partial charge < -0.3 is 5.32 Å². The number of nitro groups is 1. The van der Waals surface area contributed by atoms with Crippen LogP contribution < -0.4 is 5.32 Å². The average molecular weight is 373 g/mol. The summed E-state index contributed by atoms with van der Waals surface area (Å²) in [4.78, 5) is 24.4. The van der Waals surface area contributed by atoms with Crippen LogP contribution in [0.3, 0.4) is 0 Å². The third-order valence-corrected chi connectivity index (χ3v) is 4.26. The van der Waals surface area contributed by atoms with Gasteiger partial charge in [0.05, 0.1) is 33.3 Å². The Hall–Kier alpha value is -2.95. The molecule has 0 bridgehead atoms. The maximum Gasteiger partial charge on any atom is 0.271 e. The molecule has 8 heteroatoms. The van der Waals surface area contributed by atoms with Crippen LogP contribution in [0.5, 0.6) is 0 Å². The number of carbonyl (C=O) groups excluding carboxylic acids is 1. The van der Waals surface area contributed by atoms with Crippen molar-refractivity contribution in [3.8, 4) is 6.07 Å². The Morgan fingerprint density at radius 3 is 2.73 bits per heavy atom. The van der Waals surface area contributed by atoms with E-state index in [2.05, 4.69) is 11.4 Å². The fraction of sp³-hybridized carbons (Fsp3) is 0.222. The van der Waals surface area contributed by atoms with E-state index in [4.69, 9.17) is 16.9 Å². The molecule has 7 nitrogen and oxygen atoms in total. The third kappa shape index (κ3) is 4.79. The second kappa shape index (κ2) is 8.43. The summed E-state index contributed by atoms with van der Waals surface area (Å²) < 4.78 is 0. The third-order valence-electron chi connectivity index (χ3n) is 3.95. The number of nitrogens with one attached hydrogen (secondary N) is 1. The van der Waals surface area contributed by atoms with Crippen LogP contribution in [0.1, 0.15) is 18.1 Å².